The van der Waals surface area contributed by atoms with E-state index in [1.165, 1.54) is 5.46 Å². The van der Waals surface area contributed by atoms with Crippen molar-refractivity contribution in [3.8, 4) is 5.75 Å². The van der Waals surface area contributed by atoms with Crippen LogP contribution in [0.1, 0.15) is 0 Å². The lowest BCUT2D eigenvalue weighted by Crippen LogP contribution is -1.97. The number of hydrogen-bond donors (Lipinski definition) is 1. The highest BCUT2D eigenvalue weighted by Crippen LogP contribution is 2.01. The van der Waals surface area contributed by atoms with E-state index in [0.29, 0.717) is 5.75 Å². The maximum absolute atomic E-state index is 8.76. The van der Waals surface area contributed by atoms with Crippen LogP contribution in [0.5, 0.6) is 5.75 Å². The van der Waals surface area contributed by atoms with Gasteiger partial charge in [0.1, 0.15) is 13.6 Å². The van der Waals surface area contributed by atoms with E-state index in [-0.39, 0.29) is 11.0 Å². The van der Waals surface area contributed by atoms with E-state index >= 15 is 0 Å². The second-order valence-corrected chi connectivity index (χ2v) is 1.84. The van der Waals surface area contributed by atoms with E-state index in [1.807, 2.05) is 20.0 Å². The van der Waals surface area contributed by atoms with Crippen LogP contribution in [0.3, 0.4) is 0 Å². The van der Waals surface area contributed by atoms with Crippen LogP contribution in [0.4, 0.5) is 0 Å². The molecule has 0 spiro atoms. The number of hydrogen-bond acceptors (Lipinski definition) is 1. The summed E-state index contributed by atoms with van der Waals surface area (Å²) in [5.74, 6) is 0.329. The van der Waals surface area contributed by atoms with Gasteiger partial charge in [0.05, 0.1) is 0 Å². The summed E-state index contributed by atoms with van der Waals surface area (Å²) in [6.07, 6.45) is 0. The Hall–Kier alpha value is -0.995. The van der Waals surface area contributed by atoms with Crippen molar-refractivity contribution in [1.29, 1.82) is 0 Å². The molecule has 0 aliphatic rings. The Bertz CT molecular complexity index is 152. The van der Waals surface area contributed by atoms with E-state index < -0.39 is 0 Å². The van der Waals surface area contributed by atoms with Gasteiger partial charge in [-0.05, 0) is 12.1 Å². The highest BCUT2D eigenvalue weighted by Gasteiger charge is 1.82. The number of rotatable bonds is 0. The van der Waals surface area contributed by atoms with Crippen molar-refractivity contribution in [2.45, 2.75) is 0 Å². The van der Waals surface area contributed by atoms with Gasteiger partial charge < -0.3 is 16.1 Å². The summed E-state index contributed by atoms with van der Waals surface area (Å²) in [5, 5.41) is 8.76. The van der Waals surface area contributed by atoms with Gasteiger partial charge in [-0.25, -0.2) is 0 Å². The average molecular weight is 142 g/mol. The van der Waals surface area contributed by atoms with Crippen molar-refractivity contribution in [2.24, 2.45) is 0 Å². The van der Waals surface area contributed by atoms with Gasteiger partial charge in [0.2, 0.25) is 0 Å². The third-order valence-electron chi connectivity index (χ3n) is 1.03. The maximum Gasteiger partial charge on any atom is 0.139 e. The van der Waals surface area contributed by atoms with Crippen molar-refractivity contribution >= 4 is 13.3 Å². The highest BCUT2D eigenvalue weighted by atomic mass is 16.3. The predicted molar refractivity (Wildman–Crippen MR) is 43.5 cm³/mol. The molecule has 0 saturated heterocycles. The molecule has 1 rings (SSSR count). The SMILES string of the molecule is Bc1ccc(O)cc1.O.O. The summed E-state index contributed by atoms with van der Waals surface area (Å²) < 4.78 is 0. The van der Waals surface area contributed by atoms with Gasteiger partial charge in [0, 0.05) is 0 Å². The van der Waals surface area contributed by atoms with E-state index in [2.05, 4.69) is 0 Å². The second-order valence-electron chi connectivity index (χ2n) is 1.84. The van der Waals surface area contributed by atoms with Crippen LogP contribution in [0.2, 0.25) is 0 Å². The van der Waals surface area contributed by atoms with E-state index in [9.17, 15) is 0 Å². The first-order valence-electron chi connectivity index (χ1n) is 2.54. The summed E-state index contributed by atoms with van der Waals surface area (Å²) in [4.78, 5) is 0. The Labute approximate surface area is 60.3 Å². The van der Waals surface area contributed by atoms with E-state index in [1.54, 1.807) is 12.1 Å². The number of benzene rings is 1. The molecular formula is C6H11BO3. The molecule has 10 heavy (non-hydrogen) atoms. The van der Waals surface area contributed by atoms with E-state index in [0.717, 1.165) is 0 Å². The molecule has 0 heterocycles. The largest absolute Gasteiger partial charge is 0.508 e. The molecule has 0 fully saturated rings. The van der Waals surface area contributed by atoms with E-state index in [4.69, 9.17) is 5.11 Å². The van der Waals surface area contributed by atoms with Crippen molar-refractivity contribution in [3.63, 3.8) is 0 Å². The Morgan fingerprint density at radius 1 is 1.00 bits per heavy atom. The Morgan fingerprint density at radius 3 is 1.70 bits per heavy atom. The van der Waals surface area contributed by atoms with Gasteiger partial charge in [-0.2, -0.15) is 0 Å². The molecule has 0 aliphatic heterocycles. The molecule has 0 unspecified atom stereocenters. The third kappa shape index (κ3) is 3.12. The molecule has 1 aromatic carbocycles. The van der Waals surface area contributed by atoms with Crippen LogP contribution >= 0.6 is 0 Å². The highest BCUT2D eigenvalue weighted by molar-refractivity contribution is 6.32. The summed E-state index contributed by atoms with van der Waals surface area (Å²) in [5.41, 5.74) is 1.17. The number of aromatic hydroxyl groups is 1. The minimum absolute atomic E-state index is 0. The van der Waals surface area contributed by atoms with Gasteiger partial charge in [-0.1, -0.05) is 17.6 Å². The number of phenols is 1. The Kier molecular flexibility index (Phi) is 5.70. The lowest BCUT2D eigenvalue weighted by Gasteiger charge is -1.89. The average Bonchev–Trinajstić information content (AvgIpc) is 1.77. The van der Waals surface area contributed by atoms with Crippen LogP contribution in [0.15, 0.2) is 24.3 Å². The van der Waals surface area contributed by atoms with Gasteiger partial charge in [-0.15, -0.1) is 0 Å². The minimum Gasteiger partial charge on any atom is -0.508 e. The number of phenolic OH excluding ortho intramolecular Hbond substituents is 1. The summed E-state index contributed by atoms with van der Waals surface area (Å²) in [6.45, 7) is 0. The van der Waals surface area contributed by atoms with Gasteiger partial charge >= 0.3 is 0 Å². The fraction of sp³-hybridized carbons (Fsp3) is 0. The van der Waals surface area contributed by atoms with Crippen LogP contribution in [0, 0.1) is 0 Å². The maximum atomic E-state index is 8.76. The molecule has 0 saturated carbocycles. The third-order valence-corrected chi connectivity index (χ3v) is 1.03. The lowest BCUT2D eigenvalue weighted by molar-refractivity contribution is 0.475. The zero-order valence-electron chi connectivity index (χ0n) is 5.76. The monoisotopic (exact) mass is 142 g/mol. The zero-order chi connectivity index (χ0) is 5.98. The minimum atomic E-state index is 0. The molecule has 56 valence electrons. The van der Waals surface area contributed by atoms with Crippen LogP contribution in [-0.4, -0.2) is 23.9 Å². The van der Waals surface area contributed by atoms with Gasteiger partial charge in [0.25, 0.3) is 0 Å². The van der Waals surface area contributed by atoms with Crippen molar-refractivity contribution < 1.29 is 16.1 Å². The fourth-order valence-electron chi connectivity index (χ4n) is 0.545. The quantitative estimate of drug-likeness (QED) is 0.417. The van der Waals surface area contributed by atoms with Crippen LogP contribution < -0.4 is 5.46 Å². The van der Waals surface area contributed by atoms with Gasteiger partial charge in [-0.3, -0.25) is 0 Å². The van der Waals surface area contributed by atoms with Crippen LogP contribution in [0.25, 0.3) is 0 Å². The molecule has 0 aliphatic carbocycles. The van der Waals surface area contributed by atoms with Gasteiger partial charge in [0.15, 0.2) is 0 Å². The van der Waals surface area contributed by atoms with Crippen LogP contribution in [-0.2, 0) is 0 Å². The normalized spacial score (nSPS) is 7.20. The lowest BCUT2D eigenvalue weighted by atomic mass is 9.97. The molecule has 0 amide bonds. The van der Waals surface area contributed by atoms with Crippen molar-refractivity contribution in [2.75, 3.05) is 0 Å². The molecule has 0 aromatic heterocycles. The molecule has 4 heteroatoms. The van der Waals surface area contributed by atoms with Crippen molar-refractivity contribution in [1.82, 2.24) is 0 Å². The molecule has 0 bridgehead atoms. The first-order valence-corrected chi connectivity index (χ1v) is 2.54. The molecular weight excluding hydrogens is 131 g/mol. The topological polar surface area (TPSA) is 83.2 Å². The molecule has 0 atom stereocenters. The fourth-order valence-corrected chi connectivity index (χ4v) is 0.545. The molecule has 0 radical (unpaired) electrons. The standard InChI is InChI=1S/C6H7BO.2H2O/c7-5-1-3-6(8)4-2-5;;/h1-4,8H,7H2;2*1H2. The van der Waals surface area contributed by atoms with Crippen molar-refractivity contribution in [3.05, 3.63) is 24.3 Å². The Balaban J connectivity index is 0. The molecule has 3 nitrogen and oxygen atoms in total. The first-order chi connectivity index (χ1) is 3.79. The summed E-state index contributed by atoms with van der Waals surface area (Å²) >= 11 is 0. The second kappa shape index (κ2) is 4.84. The smallest absolute Gasteiger partial charge is 0.139 e. The molecule has 1 aromatic rings. The summed E-state index contributed by atoms with van der Waals surface area (Å²) in [6, 6.07) is 7.09. The zero-order valence-corrected chi connectivity index (χ0v) is 5.76. The Morgan fingerprint density at radius 2 is 1.40 bits per heavy atom. The summed E-state index contributed by atoms with van der Waals surface area (Å²) in [7, 11) is 1.99. The molecule has 5 N–H and O–H groups in total. The first kappa shape index (κ1) is 11.8. The predicted octanol–water partition coefficient (Wildman–Crippen LogP) is -2.00.